The number of ketones is 1. The van der Waals surface area contributed by atoms with Gasteiger partial charge >= 0.3 is 0 Å². The summed E-state index contributed by atoms with van der Waals surface area (Å²) in [5, 5.41) is 0. The van der Waals surface area contributed by atoms with E-state index in [1.54, 1.807) is 4.90 Å². The van der Waals surface area contributed by atoms with Gasteiger partial charge in [0, 0.05) is 25.5 Å². The summed E-state index contributed by atoms with van der Waals surface area (Å²) in [5.74, 6) is -0.302. The Hall–Kier alpha value is -1.78. The van der Waals surface area contributed by atoms with Crippen LogP contribution in [0.25, 0.3) is 0 Å². The first-order valence-electron chi connectivity index (χ1n) is 5.33. The molecular formula is C11H13N3O2. The minimum absolute atomic E-state index is 0.0760. The maximum Gasteiger partial charge on any atom is 0.230 e. The number of amides is 1. The maximum absolute atomic E-state index is 11.7. The molecule has 5 nitrogen and oxygen atoms in total. The third-order valence-electron chi connectivity index (χ3n) is 2.65. The zero-order valence-corrected chi connectivity index (χ0v) is 8.93. The SMILES string of the molecule is O=C(CC(=O)N1CCCC1)c1cncnc1. The second-order valence-corrected chi connectivity index (χ2v) is 3.81. The summed E-state index contributed by atoms with van der Waals surface area (Å²) in [5.41, 5.74) is 0.398. The van der Waals surface area contributed by atoms with E-state index in [4.69, 9.17) is 0 Å². The lowest BCUT2D eigenvalue weighted by Gasteiger charge is -2.14. The highest BCUT2D eigenvalue weighted by Crippen LogP contribution is 2.10. The molecule has 0 aliphatic carbocycles. The van der Waals surface area contributed by atoms with Crippen molar-refractivity contribution >= 4 is 11.7 Å². The highest BCUT2D eigenvalue weighted by molar-refractivity contribution is 6.07. The Morgan fingerprint density at radius 2 is 1.81 bits per heavy atom. The molecule has 0 bridgehead atoms. The highest BCUT2D eigenvalue weighted by Gasteiger charge is 2.21. The van der Waals surface area contributed by atoms with Crippen LogP contribution >= 0.6 is 0 Å². The molecule has 0 N–H and O–H groups in total. The number of carbonyl (C=O) groups excluding carboxylic acids is 2. The molecule has 2 heterocycles. The van der Waals surface area contributed by atoms with Crippen molar-refractivity contribution in [1.82, 2.24) is 14.9 Å². The number of rotatable bonds is 3. The molecule has 1 aliphatic rings. The quantitative estimate of drug-likeness (QED) is 0.553. The summed E-state index contributed by atoms with van der Waals surface area (Å²) in [4.78, 5) is 32.6. The van der Waals surface area contributed by atoms with Crippen molar-refractivity contribution in [1.29, 1.82) is 0 Å². The predicted molar refractivity (Wildman–Crippen MR) is 56.8 cm³/mol. The van der Waals surface area contributed by atoms with Crippen LogP contribution < -0.4 is 0 Å². The average molecular weight is 219 g/mol. The molecule has 0 atom stereocenters. The van der Waals surface area contributed by atoms with Crippen LogP contribution in [0.1, 0.15) is 29.6 Å². The Labute approximate surface area is 93.5 Å². The number of hydrogen-bond donors (Lipinski definition) is 0. The van der Waals surface area contributed by atoms with Crippen LogP contribution in [0.4, 0.5) is 0 Å². The number of carbonyl (C=O) groups is 2. The van der Waals surface area contributed by atoms with Gasteiger partial charge < -0.3 is 4.90 Å². The van der Waals surface area contributed by atoms with Gasteiger partial charge in [-0.15, -0.1) is 0 Å². The van der Waals surface area contributed by atoms with E-state index in [0.717, 1.165) is 25.9 Å². The molecule has 5 heteroatoms. The molecule has 0 aromatic carbocycles. The summed E-state index contributed by atoms with van der Waals surface area (Å²) in [6.45, 7) is 1.55. The Morgan fingerprint density at radius 1 is 1.19 bits per heavy atom. The predicted octanol–water partition coefficient (Wildman–Crippen LogP) is 0.672. The van der Waals surface area contributed by atoms with Crippen LogP contribution in [0.2, 0.25) is 0 Å². The molecule has 16 heavy (non-hydrogen) atoms. The van der Waals surface area contributed by atoms with Gasteiger partial charge in [-0.1, -0.05) is 0 Å². The molecule has 1 saturated heterocycles. The maximum atomic E-state index is 11.7. The van der Waals surface area contributed by atoms with E-state index in [0.29, 0.717) is 5.56 Å². The minimum atomic E-state index is -0.211. The van der Waals surface area contributed by atoms with E-state index in [1.165, 1.54) is 18.7 Å². The second kappa shape index (κ2) is 4.83. The van der Waals surface area contributed by atoms with Gasteiger partial charge in [0.05, 0.1) is 12.0 Å². The van der Waals surface area contributed by atoms with Crippen molar-refractivity contribution in [3.05, 3.63) is 24.3 Å². The van der Waals surface area contributed by atoms with Gasteiger partial charge in [-0.25, -0.2) is 9.97 Å². The first-order valence-corrected chi connectivity index (χ1v) is 5.33. The van der Waals surface area contributed by atoms with Gasteiger partial charge in [0.2, 0.25) is 5.91 Å². The van der Waals surface area contributed by atoms with Gasteiger partial charge in [-0.3, -0.25) is 9.59 Å². The van der Waals surface area contributed by atoms with E-state index in [9.17, 15) is 9.59 Å². The van der Waals surface area contributed by atoms with Crippen molar-refractivity contribution in [2.24, 2.45) is 0 Å². The fourth-order valence-corrected chi connectivity index (χ4v) is 1.76. The molecule has 1 aliphatic heterocycles. The lowest BCUT2D eigenvalue weighted by Crippen LogP contribution is -2.29. The highest BCUT2D eigenvalue weighted by atomic mass is 16.2. The largest absolute Gasteiger partial charge is 0.342 e. The van der Waals surface area contributed by atoms with Gasteiger partial charge in [0.15, 0.2) is 5.78 Å². The minimum Gasteiger partial charge on any atom is -0.342 e. The number of Topliss-reactive ketones (excluding diaryl/α,β-unsaturated/α-hetero) is 1. The van der Waals surface area contributed by atoms with E-state index >= 15 is 0 Å². The standard InChI is InChI=1S/C11H13N3O2/c15-10(9-6-12-8-13-7-9)5-11(16)14-3-1-2-4-14/h6-8H,1-5H2. The monoisotopic (exact) mass is 219 g/mol. The van der Waals surface area contributed by atoms with Gasteiger partial charge in [-0.2, -0.15) is 0 Å². The first kappa shape index (κ1) is 10.7. The van der Waals surface area contributed by atoms with Crippen LogP contribution in [0.5, 0.6) is 0 Å². The van der Waals surface area contributed by atoms with Gasteiger partial charge in [-0.05, 0) is 12.8 Å². The van der Waals surface area contributed by atoms with E-state index < -0.39 is 0 Å². The van der Waals surface area contributed by atoms with Crippen molar-refractivity contribution in [3.8, 4) is 0 Å². The first-order chi connectivity index (χ1) is 7.77. The number of aromatic nitrogens is 2. The Kier molecular flexibility index (Phi) is 3.24. The molecule has 1 aromatic rings. The number of hydrogen-bond acceptors (Lipinski definition) is 4. The normalized spacial score (nSPS) is 15.1. The van der Waals surface area contributed by atoms with E-state index in [-0.39, 0.29) is 18.1 Å². The van der Waals surface area contributed by atoms with Gasteiger partial charge in [0.25, 0.3) is 0 Å². The number of likely N-dealkylation sites (tertiary alicyclic amines) is 1. The average Bonchev–Trinajstić information content (AvgIpc) is 2.83. The Morgan fingerprint density at radius 3 is 2.44 bits per heavy atom. The van der Waals surface area contributed by atoms with Crippen LogP contribution in [0.15, 0.2) is 18.7 Å². The summed E-state index contributed by atoms with van der Waals surface area (Å²) in [7, 11) is 0. The van der Waals surface area contributed by atoms with Crippen molar-refractivity contribution in [3.63, 3.8) is 0 Å². The Balaban J connectivity index is 1.94. The second-order valence-electron chi connectivity index (χ2n) is 3.81. The van der Waals surface area contributed by atoms with Crippen LogP contribution in [0.3, 0.4) is 0 Å². The molecular weight excluding hydrogens is 206 g/mol. The Bertz CT molecular complexity index is 385. The van der Waals surface area contributed by atoms with Gasteiger partial charge in [0.1, 0.15) is 6.33 Å². The van der Waals surface area contributed by atoms with E-state index in [1.807, 2.05) is 0 Å². The smallest absolute Gasteiger partial charge is 0.230 e. The third kappa shape index (κ3) is 2.42. The lowest BCUT2D eigenvalue weighted by atomic mass is 10.1. The van der Waals surface area contributed by atoms with Crippen LogP contribution in [-0.2, 0) is 4.79 Å². The summed E-state index contributed by atoms with van der Waals surface area (Å²) in [6, 6.07) is 0. The zero-order chi connectivity index (χ0) is 11.4. The fraction of sp³-hybridized carbons (Fsp3) is 0.455. The molecule has 0 unspecified atom stereocenters. The van der Waals surface area contributed by atoms with Crippen molar-refractivity contribution in [2.45, 2.75) is 19.3 Å². The molecule has 0 saturated carbocycles. The molecule has 1 amide bonds. The molecule has 0 radical (unpaired) electrons. The van der Waals surface area contributed by atoms with Crippen LogP contribution in [-0.4, -0.2) is 39.6 Å². The van der Waals surface area contributed by atoms with Crippen molar-refractivity contribution < 1.29 is 9.59 Å². The summed E-state index contributed by atoms with van der Waals surface area (Å²) >= 11 is 0. The fourth-order valence-electron chi connectivity index (χ4n) is 1.76. The van der Waals surface area contributed by atoms with E-state index in [2.05, 4.69) is 9.97 Å². The summed E-state index contributed by atoms with van der Waals surface area (Å²) < 4.78 is 0. The molecule has 84 valence electrons. The third-order valence-corrected chi connectivity index (χ3v) is 2.65. The van der Waals surface area contributed by atoms with Crippen molar-refractivity contribution in [2.75, 3.05) is 13.1 Å². The zero-order valence-electron chi connectivity index (χ0n) is 8.93. The van der Waals surface area contributed by atoms with Crippen LogP contribution in [0, 0.1) is 0 Å². The topological polar surface area (TPSA) is 63.2 Å². The molecule has 2 rings (SSSR count). The molecule has 1 aromatic heterocycles. The number of nitrogens with zero attached hydrogens (tertiary/aromatic N) is 3. The molecule has 1 fully saturated rings. The summed E-state index contributed by atoms with van der Waals surface area (Å²) in [6.07, 6.45) is 6.23. The lowest BCUT2D eigenvalue weighted by molar-refractivity contribution is -0.129. The molecule has 0 spiro atoms.